The summed E-state index contributed by atoms with van der Waals surface area (Å²) in [6.07, 6.45) is 1.78. The molecule has 186 valence electrons. The topological polar surface area (TPSA) is 117 Å². The summed E-state index contributed by atoms with van der Waals surface area (Å²) in [6.45, 7) is 9.70. The fourth-order valence-corrected chi connectivity index (χ4v) is 4.26. The van der Waals surface area contributed by atoms with Crippen LogP contribution in [0.4, 0.5) is 16.3 Å². The monoisotopic (exact) mass is 478 g/mol. The molecule has 10 heteroatoms. The first kappa shape index (κ1) is 24.5. The van der Waals surface area contributed by atoms with Gasteiger partial charge in [0.05, 0.1) is 25.2 Å². The van der Waals surface area contributed by atoms with E-state index in [1.807, 2.05) is 53.8 Å². The van der Waals surface area contributed by atoms with Crippen LogP contribution in [0, 0.1) is 12.3 Å². The molecule has 0 unspecified atom stereocenters. The van der Waals surface area contributed by atoms with Gasteiger partial charge in [0, 0.05) is 58.1 Å². The van der Waals surface area contributed by atoms with Crippen LogP contribution in [0.2, 0.25) is 0 Å². The summed E-state index contributed by atoms with van der Waals surface area (Å²) >= 11 is 0. The number of fused-ring (bicyclic) bond motifs is 1. The van der Waals surface area contributed by atoms with Crippen molar-refractivity contribution in [2.75, 3.05) is 63.6 Å². The van der Waals surface area contributed by atoms with E-state index in [9.17, 15) is 4.79 Å². The number of aromatic nitrogens is 3. The van der Waals surface area contributed by atoms with E-state index in [0.717, 1.165) is 48.6 Å². The van der Waals surface area contributed by atoms with Crippen LogP contribution in [0.15, 0.2) is 36.7 Å². The molecule has 2 fully saturated rings. The number of rotatable bonds is 5. The molecule has 2 aliphatic rings. The van der Waals surface area contributed by atoms with Crippen LogP contribution >= 0.6 is 0 Å². The minimum Gasteiger partial charge on any atom is -0.384 e. The van der Waals surface area contributed by atoms with Crippen molar-refractivity contribution in [2.45, 2.75) is 20.4 Å². The van der Waals surface area contributed by atoms with Gasteiger partial charge in [-0.25, -0.2) is 14.8 Å². The number of nitrogens with one attached hydrogen (secondary N) is 1. The molecule has 3 N–H and O–H groups in total. The van der Waals surface area contributed by atoms with E-state index >= 15 is 0 Å². The molecule has 0 saturated carbocycles. The Morgan fingerprint density at radius 2 is 1.91 bits per heavy atom. The molecule has 2 aromatic heterocycles. The minimum atomic E-state index is 0.0749. The average Bonchev–Trinajstić information content (AvgIpc) is 3.40. The highest BCUT2D eigenvalue weighted by molar-refractivity contribution is 5.96. The van der Waals surface area contributed by atoms with Gasteiger partial charge >= 0.3 is 6.03 Å². The maximum absolute atomic E-state index is 12.0. The van der Waals surface area contributed by atoms with Gasteiger partial charge in [0.2, 0.25) is 0 Å². The third-order valence-electron chi connectivity index (χ3n) is 6.29. The minimum absolute atomic E-state index is 0.0749. The van der Waals surface area contributed by atoms with Gasteiger partial charge in [-0.05, 0) is 19.4 Å². The highest BCUT2D eigenvalue weighted by Crippen LogP contribution is 2.27. The Morgan fingerprint density at radius 3 is 2.54 bits per heavy atom. The zero-order valence-corrected chi connectivity index (χ0v) is 20.7. The SMILES string of the molecule is CC(=N)c1cccc(C)c1.CN1CCN(CCn2cnc3c(N4CCOCC4)cc(N)nc32)C1=O. The number of nitrogens with zero attached hydrogens (tertiary/aromatic N) is 6. The quantitative estimate of drug-likeness (QED) is 0.545. The Balaban J connectivity index is 0.000000243. The van der Waals surface area contributed by atoms with Crippen molar-refractivity contribution < 1.29 is 9.53 Å². The third-order valence-corrected chi connectivity index (χ3v) is 6.29. The predicted molar refractivity (Wildman–Crippen MR) is 138 cm³/mol. The molecule has 0 aliphatic carbocycles. The number of morpholine rings is 1. The number of amides is 2. The van der Waals surface area contributed by atoms with Gasteiger partial charge in [0.25, 0.3) is 0 Å². The number of nitrogen functional groups attached to an aromatic ring is 1. The lowest BCUT2D eigenvalue weighted by Crippen LogP contribution is -2.36. The van der Waals surface area contributed by atoms with Crippen LogP contribution < -0.4 is 10.6 Å². The highest BCUT2D eigenvalue weighted by Gasteiger charge is 2.25. The van der Waals surface area contributed by atoms with E-state index in [4.69, 9.17) is 15.9 Å². The molecule has 1 aromatic carbocycles. The average molecular weight is 479 g/mol. The molecule has 0 atom stereocenters. The first-order valence-corrected chi connectivity index (χ1v) is 11.9. The summed E-state index contributed by atoms with van der Waals surface area (Å²) in [4.78, 5) is 26.9. The number of nitrogens with two attached hydrogens (primary N) is 1. The molecule has 5 rings (SSSR count). The Bertz CT molecular complexity index is 1200. The predicted octanol–water partition coefficient (Wildman–Crippen LogP) is 2.60. The van der Waals surface area contributed by atoms with E-state index in [1.54, 1.807) is 18.2 Å². The van der Waals surface area contributed by atoms with Crippen molar-refractivity contribution in [3.63, 3.8) is 0 Å². The van der Waals surface area contributed by atoms with Crippen LogP contribution in [-0.2, 0) is 11.3 Å². The Morgan fingerprint density at radius 1 is 1.14 bits per heavy atom. The lowest BCUT2D eigenvalue weighted by Gasteiger charge is -2.29. The molecule has 0 bridgehead atoms. The second-order valence-corrected chi connectivity index (χ2v) is 8.96. The number of benzene rings is 1. The van der Waals surface area contributed by atoms with Gasteiger partial charge in [0.1, 0.15) is 11.3 Å². The van der Waals surface area contributed by atoms with Gasteiger partial charge in [-0.1, -0.05) is 29.8 Å². The van der Waals surface area contributed by atoms with E-state index in [-0.39, 0.29) is 6.03 Å². The number of likely N-dealkylation sites (N-methyl/N-ethyl adjacent to an activating group) is 1. The van der Waals surface area contributed by atoms with Crippen molar-refractivity contribution in [1.82, 2.24) is 24.3 Å². The van der Waals surface area contributed by atoms with Crippen molar-refractivity contribution in [1.29, 1.82) is 5.41 Å². The lowest BCUT2D eigenvalue weighted by atomic mass is 10.1. The zero-order valence-electron chi connectivity index (χ0n) is 20.7. The number of hydrogen-bond donors (Lipinski definition) is 2. The summed E-state index contributed by atoms with van der Waals surface area (Å²) < 4.78 is 7.40. The van der Waals surface area contributed by atoms with Gasteiger partial charge < -0.3 is 35.1 Å². The molecule has 3 aromatic rings. The molecule has 4 heterocycles. The fraction of sp³-hybridized carbons (Fsp3) is 0.440. The van der Waals surface area contributed by atoms with Gasteiger partial charge in [-0.15, -0.1) is 0 Å². The summed E-state index contributed by atoms with van der Waals surface area (Å²) in [5.74, 6) is 0.479. The largest absolute Gasteiger partial charge is 0.384 e. The number of urea groups is 1. The fourth-order valence-electron chi connectivity index (χ4n) is 4.26. The molecular weight excluding hydrogens is 444 g/mol. The summed E-state index contributed by atoms with van der Waals surface area (Å²) in [6, 6.07) is 9.93. The van der Waals surface area contributed by atoms with E-state index in [0.29, 0.717) is 37.8 Å². The normalized spacial score (nSPS) is 16.0. The molecule has 2 aliphatic heterocycles. The molecule has 2 amide bonds. The van der Waals surface area contributed by atoms with Crippen LogP contribution in [0.5, 0.6) is 0 Å². The molecule has 2 saturated heterocycles. The Labute approximate surface area is 205 Å². The molecule has 35 heavy (non-hydrogen) atoms. The number of imidazole rings is 1. The van der Waals surface area contributed by atoms with Crippen LogP contribution in [0.3, 0.4) is 0 Å². The zero-order chi connectivity index (χ0) is 24.9. The Hall–Kier alpha value is -3.66. The number of carbonyl (C=O) groups is 1. The second kappa shape index (κ2) is 10.7. The van der Waals surface area contributed by atoms with Gasteiger partial charge in [0.15, 0.2) is 5.65 Å². The maximum atomic E-state index is 12.0. The van der Waals surface area contributed by atoms with Crippen LogP contribution in [0.1, 0.15) is 18.1 Å². The standard InChI is InChI=1S/C16H23N7O2.C9H11N/c1-20-2-3-22(16(20)24)4-5-23-11-18-14-12(10-13(17)19-15(14)23)21-6-8-25-9-7-21;1-7-4-3-5-9(6-7)8(2)10/h10-11H,2-9H2,1H3,(H2,17,19);3-6,10H,1-2H3. The van der Waals surface area contributed by atoms with Crippen molar-refractivity contribution >= 4 is 34.4 Å². The molecule has 10 nitrogen and oxygen atoms in total. The van der Waals surface area contributed by atoms with E-state index in [1.165, 1.54) is 5.56 Å². The van der Waals surface area contributed by atoms with Crippen molar-refractivity contribution in [2.24, 2.45) is 0 Å². The third kappa shape index (κ3) is 5.71. The van der Waals surface area contributed by atoms with E-state index < -0.39 is 0 Å². The number of ether oxygens (including phenoxy) is 1. The maximum Gasteiger partial charge on any atom is 0.319 e. The Kier molecular flexibility index (Phi) is 7.50. The molecule has 0 radical (unpaired) electrons. The molecular formula is C25H34N8O2. The highest BCUT2D eigenvalue weighted by atomic mass is 16.5. The number of hydrogen-bond acceptors (Lipinski definition) is 7. The number of anilines is 2. The first-order chi connectivity index (χ1) is 16.8. The lowest BCUT2D eigenvalue weighted by molar-refractivity contribution is 0.123. The van der Waals surface area contributed by atoms with Crippen molar-refractivity contribution in [3.8, 4) is 0 Å². The van der Waals surface area contributed by atoms with Crippen LogP contribution in [0.25, 0.3) is 11.2 Å². The van der Waals surface area contributed by atoms with Crippen molar-refractivity contribution in [3.05, 3.63) is 47.8 Å². The summed E-state index contributed by atoms with van der Waals surface area (Å²) in [5, 5.41) is 7.33. The summed E-state index contributed by atoms with van der Waals surface area (Å²) in [5.41, 5.74) is 11.5. The van der Waals surface area contributed by atoms with Gasteiger partial charge in [-0.2, -0.15) is 0 Å². The molecule has 0 spiro atoms. The van der Waals surface area contributed by atoms with E-state index in [2.05, 4.69) is 14.9 Å². The number of aryl methyl sites for hydroxylation is 1. The van der Waals surface area contributed by atoms with Gasteiger partial charge in [-0.3, -0.25) is 0 Å². The summed E-state index contributed by atoms with van der Waals surface area (Å²) in [7, 11) is 1.83. The smallest absolute Gasteiger partial charge is 0.319 e. The first-order valence-electron chi connectivity index (χ1n) is 11.9. The number of carbonyl (C=O) groups excluding carboxylic acids is 1. The number of pyridine rings is 1. The van der Waals surface area contributed by atoms with Crippen LogP contribution in [-0.4, -0.2) is 89.1 Å². The second-order valence-electron chi connectivity index (χ2n) is 8.96.